The maximum absolute atomic E-state index is 12.7. The van der Waals surface area contributed by atoms with Gasteiger partial charge in [-0.3, -0.25) is 14.5 Å². The lowest BCUT2D eigenvalue weighted by Gasteiger charge is -2.13. The summed E-state index contributed by atoms with van der Waals surface area (Å²) in [5, 5.41) is 0.0181. The molecule has 1 fully saturated rings. The van der Waals surface area contributed by atoms with Crippen LogP contribution in [0.2, 0.25) is 5.02 Å². The molecule has 0 aromatic heterocycles. The summed E-state index contributed by atoms with van der Waals surface area (Å²) in [6.45, 7) is 2.36. The number of rotatable bonds is 7. The predicted molar refractivity (Wildman–Crippen MR) is 114 cm³/mol. The maximum Gasteiger partial charge on any atom is 0.293 e. The Balaban J connectivity index is 1.70. The van der Waals surface area contributed by atoms with E-state index in [-0.39, 0.29) is 24.3 Å². The topological polar surface area (TPSA) is 65.1 Å². The molecule has 0 bridgehead atoms. The van der Waals surface area contributed by atoms with E-state index in [4.69, 9.17) is 25.8 Å². The number of imide groups is 1. The lowest BCUT2D eigenvalue weighted by Crippen LogP contribution is -2.32. The molecule has 1 heterocycles. The number of carbonyl (C=O) groups excluding carboxylic acids is 2. The molecule has 2 amide bonds. The summed E-state index contributed by atoms with van der Waals surface area (Å²) < 4.78 is 16.1. The van der Waals surface area contributed by atoms with E-state index in [0.717, 1.165) is 17.3 Å². The lowest BCUT2D eigenvalue weighted by atomic mass is 10.2. The highest BCUT2D eigenvalue weighted by Crippen LogP contribution is 2.38. The highest BCUT2D eigenvalue weighted by molar-refractivity contribution is 8.18. The largest absolute Gasteiger partial charge is 0.493 e. The minimum Gasteiger partial charge on any atom is -0.493 e. The Hall–Kier alpha value is -2.64. The number of methoxy groups -OCH3 is 2. The van der Waals surface area contributed by atoms with Gasteiger partial charge in [-0.2, -0.15) is 0 Å². The SMILES string of the molecule is COc1cc(/C=C2\SC(=O)N(CCOc3cccc(C)c3)C2=O)cc(Cl)c1OC. The Morgan fingerprint density at radius 2 is 1.93 bits per heavy atom. The minimum atomic E-state index is -0.362. The summed E-state index contributed by atoms with van der Waals surface area (Å²) in [4.78, 5) is 26.4. The number of hydrogen-bond acceptors (Lipinski definition) is 6. The Morgan fingerprint density at radius 1 is 1.14 bits per heavy atom. The van der Waals surface area contributed by atoms with Gasteiger partial charge in [-0.15, -0.1) is 0 Å². The fourth-order valence-electron chi connectivity index (χ4n) is 2.83. The third-order valence-corrected chi connectivity index (χ3v) is 5.39. The van der Waals surface area contributed by atoms with Crippen LogP contribution >= 0.6 is 23.4 Å². The number of aryl methyl sites for hydroxylation is 1. The summed E-state index contributed by atoms with van der Waals surface area (Å²) in [5.74, 6) is 1.19. The molecule has 0 aliphatic carbocycles. The van der Waals surface area contributed by atoms with Crippen molar-refractivity contribution in [2.24, 2.45) is 0 Å². The molecule has 2 aromatic rings. The van der Waals surface area contributed by atoms with E-state index in [2.05, 4.69) is 0 Å². The van der Waals surface area contributed by atoms with Crippen molar-refractivity contribution in [3.8, 4) is 17.2 Å². The van der Waals surface area contributed by atoms with Gasteiger partial charge in [0.25, 0.3) is 11.1 Å². The molecule has 0 atom stereocenters. The van der Waals surface area contributed by atoms with Crippen LogP contribution in [0.5, 0.6) is 17.2 Å². The highest BCUT2D eigenvalue weighted by atomic mass is 35.5. The number of amides is 2. The van der Waals surface area contributed by atoms with E-state index in [1.54, 1.807) is 18.2 Å². The van der Waals surface area contributed by atoms with E-state index in [0.29, 0.717) is 32.7 Å². The third kappa shape index (κ3) is 4.86. The van der Waals surface area contributed by atoms with Crippen molar-refractivity contribution in [2.75, 3.05) is 27.4 Å². The summed E-state index contributed by atoms with van der Waals surface area (Å²) in [6.07, 6.45) is 1.61. The molecular formula is C21H20ClNO5S. The number of ether oxygens (including phenoxy) is 3. The molecule has 1 aliphatic heterocycles. The van der Waals surface area contributed by atoms with Crippen LogP contribution in [-0.2, 0) is 4.79 Å². The Morgan fingerprint density at radius 3 is 2.62 bits per heavy atom. The lowest BCUT2D eigenvalue weighted by molar-refractivity contribution is -0.123. The van der Waals surface area contributed by atoms with Gasteiger partial charge in [-0.25, -0.2) is 0 Å². The van der Waals surface area contributed by atoms with Gasteiger partial charge < -0.3 is 14.2 Å². The van der Waals surface area contributed by atoms with Crippen molar-refractivity contribution < 1.29 is 23.8 Å². The molecule has 1 saturated heterocycles. The third-order valence-electron chi connectivity index (χ3n) is 4.20. The average Bonchev–Trinajstić information content (AvgIpc) is 2.95. The smallest absolute Gasteiger partial charge is 0.293 e. The average molecular weight is 434 g/mol. The van der Waals surface area contributed by atoms with Crippen molar-refractivity contribution in [2.45, 2.75) is 6.92 Å². The Labute approximate surface area is 178 Å². The van der Waals surface area contributed by atoms with Crippen molar-refractivity contribution in [3.05, 3.63) is 57.5 Å². The number of halogens is 1. The van der Waals surface area contributed by atoms with Crippen LogP contribution in [0.15, 0.2) is 41.3 Å². The second kappa shape index (κ2) is 9.24. The van der Waals surface area contributed by atoms with Crippen LogP contribution in [0.3, 0.4) is 0 Å². The molecule has 0 radical (unpaired) electrons. The molecule has 2 aromatic carbocycles. The molecule has 0 N–H and O–H groups in total. The van der Waals surface area contributed by atoms with Gasteiger partial charge in [0.1, 0.15) is 12.4 Å². The van der Waals surface area contributed by atoms with Crippen LogP contribution in [0, 0.1) is 6.92 Å². The second-order valence-corrected chi connectivity index (χ2v) is 7.64. The molecule has 0 spiro atoms. The zero-order valence-electron chi connectivity index (χ0n) is 16.2. The van der Waals surface area contributed by atoms with E-state index >= 15 is 0 Å². The van der Waals surface area contributed by atoms with Crippen LogP contribution in [0.25, 0.3) is 6.08 Å². The van der Waals surface area contributed by atoms with Crippen LogP contribution in [-0.4, -0.2) is 43.4 Å². The van der Waals surface area contributed by atoms with Crippen LogP contribution < -0.4 is 14.2 Å². The zero-order valence-corrected chi connectivity index (χ0v) is 17.8. The summed E-state index contributed by atoms with van der Waals surface area (Å²) in [7, 11) is 2.99. The van der Waals surface area contributed by atoms with Crippen molar-refractivity contribution in [3.63, 3.8) is 0 Å². The van der Waals surface area contributed by atoms with Gasteiger partial charge in [-0.1, -0.05) is 23.7 Å². The van der Waals surface area contributed by atoms with E-state index in [9.17, 15) is 9.59 Å². The van der Waals surface area contributed by atoms with Crippen molar-refractivity contribution >= 4 is 40.6 Å². The van der Waals surface area contributed by atoms with Crippen molar-refractivity contribution in [1.29, 1.82) is 0 Å². The highest BCUT2D eigenvalue weighted by Gasteiger charge is 2.34. The first kappa shape index (κ1) is 21.1. The van der Waals surface area contributed by atoms with Crippen molar-refractivity contribution in [1.82, 2.24) is 4.90 Å². The standard InChI is InChI=1S/C21H20ClNO5S/c1-13-5-4-6-15(9-13)28-8-7-23-20(24)18(29-21(23)25)12-14-10-16(22)19(27-3)17(11-14)26-2/h4-6,9-12H,7-8H2,1-3H3/b18-12-. The van der Waals surface area contributed by atoms with E-state index in [1.165, 1.54) is 19.1 Å². The normalized spacial score (nSPS) is 15.2. The number of carbonyl (C=O) groups is 2. The van der Waals surface area contributed by atoms with Gasteiger partial charge in [0.2, 0.25) is 0 Å². The molecule has 152 valence electrons. The minimum absolute atomic E-state index is 0.169. The fourth-order valence-corrected chi connectivity index (χ4v) is 3.99. The summed E-state index contributed by atoms with van der Waals surface area (Å²) >= 11 is 7.09. The van der Waals surface area contributed by atoms with Gasteiger partial charge in [0.15, 0.2) is 11.5 Å². The molecular weight excluding hydrogens is 414 g/mol. The molecule has 0 saturated carbocycles. The molecule has 8 heteroatoms. The first-order valence-corrected chi connectivity index (χ1v) is 9.98. The first-order valence-electron chi connectivity index (χ1n) is 8.79. The van der Waals surface area contributed by atoms with E-state index in [1.807, 2.05) is 31.2 Å². The van der Waals surface area contributed by atoms with Gasteiger partial charge in [0.05, 0.1) is 30.7 Å². The zero-order chi connectivity index (χ0) is 21.0. The molecule has 1 aliphatic rings. The number of thioether (sulfide) groups is 1. The summed E-state index contributed by atoms with van der Waals surface area (Å²) in [5.41, 5.74) is 1.71. The predicted octanol–water partition coefficient (Wildman–Crippen LogP) is 4.78. The van der Waals surface area contributed by atoms with Gasteiger partial charge in [0, 0.05) is 0 Å². The molecule has 6 nitrogen and oxygen atoms in total. The van der Waals surface area contributed by atoms with Crippen LogP contribution in [0.4, 0.5) is 4.79 Å². The fraction of sp³-hybridized carbons (Fsp3) is 0.238. The monoisotopic (exact) mass is 433 g/mol. The first-order chi connectivity index (χ1) is 13.9. The number of nitrogens with zero attached hydrogens (tertiary/aromatic N) is 1. The quantitative estimate of drug-likeness (QED) is 0.585. The number of benzene rings is 2. The Kier molecular flexibility index (Phi) is 6.71. The Bertz CT molecular complexity index is 976. The van der Waals surface area contributed by atoms with Gasteiger partial charge in [-0.05, 0) is 60.2 Å². The molecule has 0 unspecified atom stereocenters. The van der Waals surface area contributed by atoms with E-state index < -0.39 is 0 Å². The second-order valence-electron chi connectivity index (χ2n) is 6.24. The maximum atomic E-state index is 12.7. The molecule has 29 heavy (non-hydrogen) atoms. The van der Waals surface area contributed by atoms with Gasteiger partial charge >= 0.3 is 0 Å². The number of hydrogen-bond donors (Lipinski definition) is 0. The van der Waals surface area contributed by atoms with Crippen LogP contribution in [0.1, 0.15) is 11.1 Å². The molecule has 3 rings (SSSR count). The summed E-state index contributed by atoms with van der Waals surface area (Å²) in [6, 6.07) is 10.9.